The molecule has 2 aromatic rings. The lowest BCUT2D eigenvalue weighted by Gasteiger charge is -2.10. The van der Waals surface area contributed by atoms with Crippen molar-refractivity contribution in [3.63, 3.8) is 0 Å². The number of fused-ring (bicyclic) bond motifs is 1. The van der Waals surface area contributed by atoms with Crippen LogP contribution >= 0.6 is 0 Å². The fourth-order valence-corrected chi connectivity index (χ4v) is 1.59. The molecule has 0 saturated heterocycles. The maximum atomic E-state index is 12.5. The molecule has 0 radical (unpaired) electrons. The topological polar surface area (TPSA) is 44.1 Å². The molecular formula is C13H13F3N2O2. The molecule has 0 spiro atoms. The van der Waals surface area contributed by atoms with Gasteiger partial charge in [0.05, 0.1) is 11.4 Å². The van der Waals surface area contributed by atoms with E-state index in [2.05, 4.69) is 4.98 Å². The third-order valence-electron chi connectivity index (χ3n) is 3.00. The van der Waals surface area contributed by atoms with Gasteiger partial charge in [0.1, 0.15) is 11.2 Å². The van der Waals surface area contributed by atoms with Crippen molar-refractivity contribution in [2.45, 2.75) is 26.4 Å². The van der Waals surface area contributed by atoms with Gasteiger partial charge < -0.3 is 4.84 Å². The minimum Gasteiger partial charge on any atom is -0.336 e. The summed E-state index contributed by atoms with van der Waals surface area (Å²) < 4.78 is 38.7. The average Bonchev–Trinajstić information content (AvgIpc) is 2.79. The highest BCUT2D eigenvalue weighted by atomic mass is 19.4. The van der Waals surface area contributed by atoms with Gasteiger partial charge in [-0.15, -0.1) is 0 Å². The molecule has 0 aliphatic heterocycles. The summed E-state index contributed by atoms with van der Waals surface area (Å²) in [7, 11) is 0. The van der Waals surface area contributed by atoms with Gasteiger partial charge in [-0.2, -0.15) is 17.9 Å². The highest BCUT2D eigenvalue weighted by molar-refractivity contribution is 5.78. The van der Waals surface area contributed by atoms with Crippen molar-refractivity contribution in [1.29, 1.82) is 0 Å². The van der Waals surface area contributed by atoms with E-state index in [0.29, 0.717) is 11.9 Å². The standard InChI is InChI=1S/C13H13F3N2O2/c1-3-8(2)12(19)20-18-7-6-9-10(18)4-5-11(17-9)13(14,15)16/h4-8H,3H2,1-2H3. The van der Waals surface area contributed by atoms with Gasteiger partial charge in [0.15, 0.2) is 0 Å². The smallest absolute Gasteiger partial charge is 0.336 e. The van der Waals surface area contributed by atoms with Gasteiger partial charge in [-0.1, -0.05) is 13.8 Å². The quantitative estimate of drug-likeness (QED) is 0.871. The van der Waals surface area contributed by atoms with Crippen LogP contribution in [0.2, 0.25) is 0 Å². The predicted molar refractivity (Wildman–Crippen MR) is 65.8 cm³/mol. The monoisotopic (exact) mass is 286 g/mol. The van der Waals surface area contributed by atoms with E-state index in [0.717, 1.165) is 10.8 Å². The maximum Gasteiger partial charge on any atom is 0.433 e. The predicted octanol–water partition coefficient (Wildman–Crippen LogP) is 3.06. The summed E-state index contributed by atoms with van der Waals surface area (Å²) in [6.07, 6.45) is -2.50. The summed E-state index contributed by atoms with van der Waals surface area (Å²) in [6.45, 7) is 3.56. The second kappa shape index (κ2) is 5.15. The second-order valence-electron chi connectivity index (χ2n) is 4.46. The van der Waals surface area contributed by atoms with Crippen LogP contribution in [0.4, 0.5) is 13.2 Å². The van der Waals surface area contributed by atoms with E-state index in [4.69, 9.17) is 4.84 Å². The van der Waals surface area contributed by atoms with E-state index < -0.39 is 17.8 Å². The first-order chi connectivity index (χ1) is 9.32. The molecule has 0 fully saturated rings. The van der Waals surface area contributed by atoms with Crippen molar-refractivity contribution in [1.82, 2.24) is 9.71 Å². The molecule has 2 aromatic heterocycles. The number of halogens is 3. The molecule has 2 heterocycles. The molecule has 7 heteroatoms. The lowest BCUT2D eigenvalue weighted by molar-refractivity contribution is -0.148. The van der Waals surface area contributed by atoms with Crippen molar-refractivity contribution in [3.8, 4) is 0 Å². The SMILES string of the molecule is CCC(C)C(=O)On1ccc2nc(C(F)(F)F)ccc21. The third kappa shape index (κ3) is 2.76. The number of carbonyl (C=O) groups excluding carboxylic acids is 1. The zero-order chi connectivity index (χ0) is 14.9. The van der Waals surface area contributed by atoms with E-state index in [1.165, 1.54) is 18.3 Å². The minimum absolute atomic E-state index is 0.122. The summed E-state index contributed by atoms with van der Waals surface area (Å²) in [6, 6.07) is 3.46. The lowest BCUT2D eigenvalue weighted by atomic mass is 10.1. The maximum absolute atomic E-state index is 12.5. The molecule has 20 heavy (non-hydrogen) atoms. The number of hydrogen-bond donors (Lipinski definition) is 0. The Morgan fingerprint density at radius 2 is 2.10 bits per heavy atom. The van der Waals surface area contributed by atoms with Crippen LogP contribution in [0.25, 0.3) is 11.0 Å². The normalized spacial score (nSPS) is 13.4. The van der Waals surface area contributed by atoms with E-state index in [1.807, 2.05) is 6.92 Å². The summed E-state index contributed by atoms with van der Waals surface area (Å²) >= 11 is 0. The van der Waals surface area contributed by atoms with Crippen molar-refractivity contribution < 1.29 is 22.8 Å². The Balaban J connectivity index is 2.32. The molecule has 0 aromatic carbocycles. The third-order valence-corrected chi connectivity index (χ3v) is 3.00. The van der Waals surface area contributed by atoms with Crippen LogP contribution in [0.3, 0.4) is 0 Å². The van der Waals surface area contributed by atoms with E-state index in [-0.39, 0.29) is 11.4 Å². The Morgan fingerprint density at radius 1 is 1.40 bits per heavy atom. The minimum atomic E-state index is -4.50. The van der Waals surface area contributed by atoms with Crippen molar-refractivity contribution in [2.75, 3.05) is 0 Å². The highest BCUT2D eigenvalue weighted by Crippen LogP contribution is 2.29. The fraction of sp³-hybridized carbons (Fsp3) is 0.385. The number of rotatable bonds is 3. The molecule has 2 rings (SSSR count). The van der Waals surface area contributed by atoms with Crippen LogP contribution in [-0.4, -0.2) is 15.7 Å². The molecule has 0 aliphatic rings. The van der Waals surface area contributed by atoms with Crippen LogP contribution in [0.5, 0.6) is 0 Å². The summed E-state index contributed by atoms with van der Waals surface area (Å²) in [5, 5.41) is 0. The molecule has 108 valence electrons. The van der Waals surface area contributed by atoms with Crippen LogP contribution < -0.4 is 4.84 Å². The summed E-state index contributed by atoms with van der Waals surface area (Å²) in [5.74, 6) is -0.722. The average molecular weight is 286 g/mol. The highest BCUT2D eigenvalue weighted by Gasteiger charge is 2.32. The lowest BCUT2D eigenvalue weighted by Crippen LogP contribution is -2.24. The van der Waals surface area contributed by atoms with Gasteiger partial charge in [-0.25, -0.2) is 9.78 Å². The molecule has 0 N–H and O–H groups in total. The van der Waals surface area contributed by atoms with Crippen molar-refractivity contribution in [2.24, 2.45) is 5.92 Å². The number of pyridine rings is 1. The Labute approximate surface area is 113 Å². The van der Waals surface area contributed by atoms with Crippen LogP contribution in [0.15, 0.2) is 24.4 Å². The zero-order valence-corrected chi connectivity index (χ0v) is 10.9. The first-order valence-electron chi connectivity index (χ1n) is 6.10. The summed E-state index contributed by atoms with van der Waals surface area (Å²) in [4.78, 5) is 20.3. The van der Waals surface area contributed by atoms with E-state index in [9.17, 15) is 18.0 Å². The van der Waals surface area contributed by atoms with E-state index >= 15 is 0 Å². The number of carbonyl (C=O) groups is 1. The molecule has 1 unspecified atom stereocenters. The van der Waals surface area contributed by atoms with Gasteiger partial charge in [-0.05, 0) is 24.6 Å². The zero-order valence-electron chi connectivity index (χ0n) is 10.9. The largest absolute Gasteiger partial charge is 0.433 e. The number of aromatic nitrogens is 2. The number of hydrogen-bond acceptors (Lipinski definition) is 3. The Kier molecular flexibility index (Phi) is 3.69. The van der Waals surface area contributed by atoms with Gasteiger partial charge in [0.2, 0.25) is 0 Å². The fourth-order valence-electron chi connectivity index (χ4n) is 1.59. The van der Waals surface area contributed by atoms with Crippen LogP contribution in [0.1, 0.15) is 26.0 Å². The van der Waals surface area contributed by atoms with Crippen molar-refractivity contribution >= 4 is 17.0 Å². The molecular weight excluding hydrogens is 273 g/mol. The molecule has 0 amide bonds. The molecule has 4 nitrogen and oxygen atoms in total. The summed E-state index contributed by atoms with van der Waals surface area (Å²) in [5.41, 5.74) is -0.539. The van der Waals surface area contributed by atoms with E-state index in [1.54, 1.807) is 6.92 Å². The first-order valence-corrected chi connectivity index (χ1v) is 6.10. The number of alkyl halides is 3. The molecule has 0 bridgehead atoms. The Hall–Kier alpha value is -2.05. The van der Waals surface area contributed by atoms with Gasteiger partial charge in [-0.3, -0.25) is 0 Å². The molecule has 0 saturated carbocycles. The van der Waals surface area contributed by atoms with Crippen molar-refractivity contribution in [3.05, 3.63) is 30.1 Å². The molecule has 1 atom stereocenters. The van der Waals surface area contributed by atoms with Crippen LogP contribution in [-0.2, 0) is 11.0 Å². The Bertz CT molecular complexity index is 634. The first kappa shape index (κ1) is 14.4. The number of nitrogens with zero attached hydrogens (tertiary/aromatic N) is 2. The Morgan fingerprint density at radius 3 is 2.70 bits per heavy atom. The second-order valence-corrected chi connectivity index (χ2v) is 4.46. The van der Waals surface area contributed by atoms with Gasteiger partial charge in [0.25, 0.3) is 0 Å². The van der Waals surface area contributed by atoms with Gasteiger partial charge in [0, 0.05) is 6.20 Å². The van der Waals surface area contributed by atoms with Crippen LogP contribution in [0, 0.1) is 5.92 Å². The molecule has 0 aliphatic carbocycles. The van der Waals surface area contributed by atoms with Gasteiger partial charge >= 0.3 is 12.1 Å².